The van der Waals surface area contributed by atoms with Gasteiger partial charge in [-0.3, -0.25) is 4.99 Å². The summed E-state index contributed by atoms with van der Waals surface area (Å²) >= 11 is 0. The van der Waals surface area contributed by atoms with Crippen LogP contribution < -0.4 is 10.0 Å². The Balaban J connectivity index is 1.72. The number of benzene rings is 3. The van der Waals surface area contributed by atoms with Crippen LogP contribution in [0.4, 0.5) is 22.7 Å². The minimum atomic E-state index is -0.251. The maximum absolute atomic E-state index is 12.5. The summed E-state index contributed by atoms with van der Waals surface area (Å²) in [4.78, 5) is 6.71. The number of rotatable bonds is 12. The molecule has 196 valence electrons. The molecule has 0 aromatic heterocycles. The molecule has 0 bridgehead atoms. The van der Waals surface area contributed by atoms with Crippen LogP contribution in [0.5, 0.6) is 0 Å². The second-order valence-corrected chi connectivity index (χ2v) is 9.52. The van der Waals surface area contributed by atoms with Crippen LogP contribution in [0.25, 0.3) is 0 Å². The predicted octanol–water partition coefficient (Wildman–Crippen LogP) is 6.86. The minimum Gasteiger partial charge on any atom is -0.858 e. The third kappa shape index (κ3) is 7.26. The normalized spacial score (nSPS) is 12.3. The first-order chi connectivity index (χ1) is 17.8. The Kier molecular flexibility index (Phi) is 9.98. The summed E-state index contributed by atoms with van der Waals surface area (Å²) < 4.78 is 1.15. The number of azo groups is 1. The van der Waals surface area contributed by atoms with Crippen LogP contribution >= 0.6 is 0 Å². The molecule has 0 saturated heterocycles. The van der Waals surface area contributed by atoms with Gasteiger partial charge in [-0.2, -0.15) is 10.2 Å². The van der Waals surface area contributed by atoms with E-state index in [4.69, 9.17) is 0 Å². The molecule has 0 unspecified atom stereocenters. The first-order valence-electron chi connectivity index (χ1n) is 13.4. The van der Waals surface area contributed by atoms with Gasteiger partial charge in [0.2, 0.25) is 0 Å². The van der Waals surface area contributed by atoms with E-state index in [2.05, 4.69) is 59.9 Å². The van der Waals surface area contributed by atoms with E-state index in [-0.39, 0.29) is 5.90 Å². The Bertz CT molecular complexity index is 1170. The molecule has 0 aliphatic heterocycles. The van der Waals surface area contributed by atoms with Crippen molar-refractivity contribution in [2.24, 2.45) is 15.2 Å². The molecule has 0 aliphatic rings. The smallest absolute Gasteiger partial charge is 0.0964 e. The van der Waals surface area contributed by atoms with Gasteiger partial charge in [-0.15, -0.1) is 0 Å². The summed E-state index contributed by atoms with van der Waals surface area (Å²) in [5, 5.41) is 21.5. The molecule has 0 amide bonds. The molecule has 0 aliphatic carbocycles. The maximum atomic E-state index is 12.5. The average Bonchev–Trinajstić information content (AvgIpc) is 2.92. The van der Waals surface area contributed by atoms with Gasteiger partial charge in [-0.1, -0.05) is 30.3 Å². The summed E-state index contributed by atoms with van der Waals surface area (Å²) in [7, 11) is 0. The van der Waals surface area contributed by atoms with Crippen molar-refractivity contribution < 1.29 is 9.59 Å². The van der Waals surface area contributed by atoms with Crippen molar-refractivity contribution in [3.8, 4) is 0 Å². The highest BCUT2D eigenvalue weighted by atomic mass is 16.3. The number of aliphatic imine (C=N–C) groups is 1. The quantitative estimate of drug-likeness (QED) is 0.118. The van der Waals surface area contributed by atoms with E-state index in [0.29, 0.717) is 11.3 Å². The molecular formula is C31H41N5O. The van der Waals surface area contributed by atoms with Crippen LogP contribution in [0, 0.1) is 13.8 Å². The Morgan fingerprint density at radius 1 is 0.784 bits per heavy atom. The van der Waals surface area contributed by atoms with Crippen LogP contribution in [0.3, 0.4) is 0 Å². The van der Waals surface area contributed by atoms with Crippen molar-refractivity contribution in [2.45, 2.75) is 41.5 Å². The summed E-state index contributed by atoms with van der Waals surface area (Å²) in [6.45, 7) is 19.7. The molecule has 3 aromatic rings. The Labute approximate surface area is 222 Å². The van der Waals surface area contributed by atoms with E-state index in [1.54, 1.807) is 12.1 Å². The molecule has 3 aromatic carbocycles. The molecule has 3 rings (SSSR count). The lowest BCUT2D eigenvalue weighted by molar-refractivity contribution is -0.921. The third-order valence-electron chi connectivity index (χ3n) is 7.45. The number of quaternary nitrogens is 1. The summed E-state index contributed by atoms with van der Waals surface area (Å²) in [6, 6.07) is 21.2. The fraction of sp³-hybridized carbons (Fsp3) is 0.387. The highest BCUT2D eigenvalue weighted by Crippen LogP contribution is 2.31. The van der Waals surface area contributed by atoms with Crippen LogP contribution in [0.1, 0.15) is 44.4 Å². The number of hydrogen-bond acceptors (Lipinski definition) is 5. The van der Waals surface area contributed by atoms with Gasteiger partial charge in [0.1, 0.15) is 0 Å². The number of hydrogen-bond donors (Lipinski definition) is 0. The van der Waals surface area contributed by atoms with E-state index >= 15 is 0 Å². The van der Waals surface area contributed by atoms with Crippen molar-refractivity contribution in [2.75, 3.05) is 44.2 Å². The van der Waals surface area contributed by atoms with E-state index in [9.17, 15) is 5.11 Å². The molecule has 0 N–H and O–H groups in total. The van der Waals surface area contributed by atoms with Crippen molar-refractivity contribution >= 4 is 28.6 Å². The molecule has 0 spiro atoms. The number of aryl methyl sites for hydroxylation is 2. The van der Waals surface area contributed by atoms with Crippen molar-refractivity contribution in [1.82, 2.24) is 0 Å². The van der Waals surface area contributed by atoms with E-state index in [1.807, 2.05) is 56.3 Å². The SMILES string of the molecule is CCN(CC[N+](CC)(CC)CC)c1ccc(N=Nc2c(C)cc(N=C([O-])c3ccccc3)cc2C)cc1. The van der Waals surface area contributed by atoms with Crippen LogP contribution in [-0.4, -0.2) is 49.6 Å². The zero-order valence-electron chi connectivity index (χ0n) is 23.2. The monoisotopic (exact) mass is 499 g/mol. The second kappa shape index (κ2) is 13.2. The minimum absolute atomic E-state index is 0.251. The fourth-order valence-corrected chi connectivity index (χ4v) is 4.70. The topological polar surface area (TPSA) is 63.4 Å². The van der Waals surface area contributed by atoms with E-state index < -0.39 is 0 Å². The van der Waals surface area contributed by atoms with E-state index in [0.717, 1.165) is 46.6 Å². The molecule has 0 atom stereocenters. The molecule has 0 heterocycles. The summed E-state index contributed by atoms with van der Waals surface area (Å²) in [5.74, 6) is -0.251. The zero-order valence-corrected chi connectivity index (χ0v) is 23.2. The van der Waals surface area contributed by atoms with Gasteiger partial charge in [0.25, 0.3) is 0 Å². The van der Waals surface area contributed by atoms with Gasteiger partial charge in [-0.25, -0.2) is 0 Å². The largest absolute Gasteiger partial charge is 0.858 e. The van der Waals surface area contributed by atoms with Crippen LogP contribution in [-0.2, 0) is 0 Å². The maximum Gasteiger partial charge on any atom is 0.0964 e. The Morgan fingerprint density at radius 2 is 1.38 bits per heavy atom. The van der Waals surface area contributed by atoms with Crippen molar-refractivity contribution in [1.29, 1.82) is 0 Å². The lowest BCUT2D eigenvalue weighted by atomic mass is 10.1. The van der Waals surface area contributed by atoms with Gasteiger partial charge < -0.3 is 14.5 Å². The molecule has 0 saturated carbocycles. The number of anilines is 1. The lowest BCUT2D eigenvalue weighted by Gasteiger charge is -2.38. The summed E-state index contributed by atoms with van der Waals surface area (Å²) in [6.07, 6.45) is 0. The molecular weight excluding hydrogens is 458 g/mol. The van der Waals surface area contributed by atoms with Gasteiger partial charge in [0.15, 0.2) is 0 Å². The van der Waals surface area contributed by atoms with Crippen molar-refractivity contribution in [3.05, 3.63) is 83.4 Å². The number of likely N-dealkylation sites (N-methyl/N-ethyl adjacent to an activating group) is 2. The van der Waals surface area contributed by atoms with Gasteiger partial charge in [0, 0.05) is 12.2 Å². The van der Waals surface area contributed by atoms with Crippen LogP contribution in [0.2, 0.25) is 0 Å². The van der Waals surface area contributed by atoms with Gasteiger partial charge in [0.05, 0.1) is 49.8 Å². The molecule has 37 heavy (non-hydrogen) atoms. The standard InChI is InChI=1S/C31H41N5O/c1-7-35(20-21-36(8-2,9-3)10-4)29-18-16-27(17-19-29)33-34-30-24(5)22-28(23-25(30)6)32-31(37)26-14-12-11-13-15-26/h11-19,22-23H,7-10,20-21H2,1-6H3. The molecule has 6 nitrogen and oxygen atoms in total. The summed E-state index contributed by atoms with van der Waals surface area (Å²) in [5.41, 5.74) is 5.90. The van der Waals surface area contributed by atoms with E-state index in [1.165, 1.54) is 25.3 Å². The Morgan fingerprint density at radius 3 is 1.92 bits per heavy atom. The zero-order chi connectivity index (χ0) is 26.8. The fourth-order valence-electron chi connectivity index (χ4n) is 4.70. The van der Waals surface area contributed by atoms with Crippen LogP contribution in [0.15, 0.2) is 82.0 Å². The first-order valence-corrected chi connectivity index (χ1v) is 13.4. The van der Waals surface area contributed by atoms with Gasteiger partial charge >= 0.3 is 0 Å². The highest BCUT2D eigenvalue weighted by molar-refractivity contribution is 5.92. The molecule has 6 heteroatoms. The first kappa shape index (κ1) is 28.1. The molecule has 0 fully saturated rings. The Hall–Kier alpha value is -3.51. The average molecular weight is 500 g/mol. The number of nitrogens with zero attached hydrogens (tertiary/aromatic N) is 5. The highest BCUT2D eigenvalue weighted by Gasteiger charge is 2.21. The second-order valence-electron chi connectivity index (χ2n) is 9.52. The predicted molar refractivity (Wildman–Crippen MR) is 154 cm³/mol. The molecule has 0 radical (unpaired) electrons. The third-order valence-corrected chi connectivity index (χ3v) is 7.45. The lowest BCUT2D eigenvalue weighted by Crippen LogP contribution is -2.51. The van der Waals surface area contributed by atoms with Gasteiger partial charge in [-0.05, 0) is 101 Å². The van der Waals surface area contributed by atoms with Crippen molar-refractivity contribution in [3.63, 3.8) is 0 Å².